The molecule has 0 amide bonds. The maximum atomic E-state index is 8.96. The van der Waals surface area contributed by atoms with Crippen LogP contribution in [0.5, 0.6) is 11.5 Å². The van der Waals surface area contributed by atoms with Crippen molar-refractivity contribution < 1.29 is 14.6 Å². The van der Waals surface area contributed by atoms with Gasteiger partial charge in [-0.2, -0.15) is 0 Å². The Labute approximate surface area is 93.6 Å². The number of hydrogen-bond donors (Lipinski definition) is 1. The fourth-order valence-electron chi connectivity index (χ4n) is 1.61. The fraction of sp³-hybridized carbons (Fsp3) is 0.455. The Morgan fingerprint density at radius 3 is 2.87 bits per heavy atom. The van der Waals surface area contributed by atoms with Crippen LogP contribution in [0.25, 0.3) is 0 Å². The molecule has 0 saturated heterocycles. The first kappa shape index (κ1) is 10.6. The highest BCUT2D eigenvalue weighted by Gasteiger charge is 2.16. The summed E-state index contributed by atoms with van der Waals surface area (Å²) in [5.74, 6) is 1.41. The standard InChI is InChI=1S/C11H13ClO3/c12-9-2-3-10-11(8(9)4-5-13)15-7-1-6-14-10/h2-3,13H,1,4-7H2. The molecule has 0 aliphatic carbocycles. The topological polar surface area (TPSA) is 38.7 Å². The Morgan fingerprint density at radius 1 is 1.27 bits per heavy atom. The molecule has 0 aromatic heterocycles. The summed E-state index contributed by atoms with van der Waals surface area (Å²) in [6.45, 7) is 1.35. The second-order valence-electron chi connectivity index (χ2n) is 3.38. The van der Waals surface area contributed by atoms with E-state index in [0.29, 0.717) is 30.4 Å². The third kappa shape index (κ3) is 2.19. The predicted octanol–water partition coefficient (Wildman–Crippen LogP) is 2.04. The van der Waals surface area contributed by atoms with Gasteiger partial charge < -0.3 is 14.6 Å². The van der Waals surface area contributed by atoms with Crippen LogP contribution in [0.15, 0.2) is 12.1 Å². The molecule has 0 bridgehead atoms. The van der Waals surface area contributed by atoms with E-state index < -0.39 is 0 Å². The number of fused-ring (bicyclic) bond motifs is 1. The van der Waals surface area contributed by atoms with Crippen molar-refractivity contribution in [3.05, 3.63) is 22.7 Å². The van der Waals surface area contributed by atoms with Crippen molar-refractivity contribution in [2.45, 2.75) is 12.8 Å². The normalized spacial score (nSPS) is 14.8. The number of hydrogen-bond acceptors (Lipinski definition) is 3. The lowest BCUT2D eigenvalue weighted by atomic mass is 10.1. The molecule has 0 saturated carbocycles. The quantitative estimate of drug-likeness (QED) is 0.842. The van der Waals surface area contributed by atoms with E-state index in [4.69, 9.17) is 26.2 Å². The molecule has 0 unspecified atom stereocenters. The van der Waals surface area contributed by atoms with Gasteiger partial charge in [-0.05, 0) is 12.1 Å². The van der Waals surface area contributed by atoms with Crippen LogP contribution in [-0.4, -0.2) is 24.9 Å². The molecule has 0 fully saturated rings. The van der Waals surface area contributed by atoms with E-state index >= 15 is 0 Å². The average molecular weight is 229 g/mol. The maximum absolute atomic E-state index is 8.96. The van der Waals surface area contributed by atoms with Crippen LogP contribution in [0.2, 0.25) is 5.02 Å². The third-order valence-corrected chi connectivity index (χ3v) is 2.68. The molecular formula is C11H13ClO3. The van der Waals surface area contributed by atoms with E-state index in [9.17, 15) is 0 Å². The zero-order valence-corrected chi connectivity index (χ0v) is 9.09. The van der Waals surface area contributed by atoms with E-state index in [2.05, 4.69) is 0 Å². The first-order valence-corrected chi connectivity index (χ1v) is 5.38. The van der Waals surface area contributed by atoms with E-state index in [1.807, 2.05) is 6.07 Å². The number of aliphatic hydroxyl groups excluding tert-OH is 1. The molecule has 2 rings (SSSR count). The molecule has 3 nitrogen and oxygen atoms in total. The Morgan fingerprint density at radius 2 is 2.07 bits per heavy atom. The smallest absolute Gasteiger partial charge is 0.165 e. The van der Waals surface area contributed by atoms with Crippen molar-refractivity contribution in [2.24, 2.45) is 0 Å². The third-order valence-electron chi connectivity index (χ3n) is 2.32. The van der Waals surface area contributed by atoms with Crippen molar-refractivity contribution in [3.8, 4) is 11.5 Å². The van der Waals surface area contributed by atoms with Gasteiger partial charge in [0.15, 0.2) is 11.5 Å². The zero-order valence-electron chi connectivity index (χ0n) is 8.33. The van der Waals surface area contributed by atoms with E-state index in [-0.39, 0.29) is 6.61 Å². The van der Waals surface area contributed by atoms with Crippen molar-refractivity contribution in [2.75, 3.05) is 19.8 Å². The molecule has 82 valence electrons. The number of benzene rings is 1. The Kier molecular flexibility index (Phi) is 3.34. The highest BCUT2D eigenvalue weighted by Crippen LogP contribution is 2.37. The van der Waals surface area contributed by atoms with Crippen molar-refractivity contribution in [1.82, 2.24) is 0 Å². The van der Waals surface area contributed by atoms with Gasteiger partial charge >= 0.3 is 0 Å². The molecule has 1 aliphatic rings. The number of aliphatic hydroxyl groups is 1. The highest BCUT2D eigenvalue weighted by atomic mass is 35.5. The summed E-state index contributed by atoms with van der Waals surface area (Å²) in [6, 6.07) is 3.59. The van der Waals surface area contributed by atoms with Crippen molar-refractivity contribution in [3.63, 3.8) is 0 Å². The van der Waals surface area contributed by atoms with Crippen molar-refractivity contribution in [1.29, 1.82) is 0 Å². The first-order chi connectivity index (χ1) is 7.33. The average Bonchev–Trinajstić information content (AvgIpc) is 2.47. The van der Waals surface area contributed by atoms with Crippen LogP contribution in [0, 0.1) is 0 Å². The molecule has 0 radical (unpaired) electrons. The van der Waals surface area contributed by atoms with E-state index in [0.717, 1.165) is 17.7 Å². The SMILES string of the molecule is OCCc1c(Cl)ccc2c1OCCCO2. The maximum Gasteiger partial charge on any atom is 0.165 e. The van der Waals surface area contributed by atoms with Gasteiger partial charge in [-0.15, -0.1) is 0 Å². The van der Waals surface area contributed by atoms with Gasteiger partial charge in [-0.3, -0.25) is 0 Å². The summed E-state index contributed by atoms with van der Waals surface area (Å²) in [7, 11) is 0. The van der Waals surface area contributed by atoms with Crippen LogP contribution in [0.1, 0.15) is 12.0 Å². The molecule has 1 aliphatic heterocycles. The molecule has 4 heteroatoms. The summed E-state index contributed by atoms with van der Waals surface area (Å²) in [5.41, 5.74) is 0.832. The number of rotatable bonds is 2. The van der Waals surface area contributed by atoms with Crippen LogP contribution in [0.3, 0.4) is 0 Å². The zero-order chi connectivity index (χ0) is 10.7. The fourth-order valence-corrected chi connectivity index (χ4v) is 1.86. The minimum absolute atomic E-state index is 0.0551. The summed E-state index contributed by atoms with van der Waals surface area (Å²) < 4.78 is 11.1. The van der Waals surface area contributed by atoms with Gasteiger partial charge in [-0.1, -0.05) is 11.6 Å². The summed E-state index contributed by atoms with van der Waals surface area (Å²) in [5, 5.41) is 9.58. The molecule has 15 heavy (non-hydrogen) atoms. The summed E-state index contributed by atoms with van der Waals surface area (Å²) >= 11 is 6.05. The molecule has 1 aromatic rings. The van der Waals surface area contributed by atoms with Gasteiger partial charge in [0.2, 0.25) is 0 Å². The molecule has 1 aromatic carbocycles. The van der Waals surface area contributed by atoms with Crippen LogP contribution < -0.4 is 9.47 Å². The van der Waals surface area contributed by atoms with Crippen molar-refractivity contribution >= 4 is 11.6 Å². The monoisotopic (exact) mass is 228 g/mol. The molecular weight excluding hydrogens is 216 g/mol. The van der Waals surface area contributed by atoms with Gasteiger partial charge in [0.05, 0.1) is 13.2 Å². The van der Waals surface area contributed by atoms with Crippen LogP contribution in [0.4, 0.5) is 0 Å². The van der Waals surface area contributed by atoms with Gasteiger partial charge in [0.25, 0.3) is 0 Å². The minimum atomic E-state index is 0.0551. The Hall–Kier alpha value is -0.930. The summed E-state index contributed by atoms with van der Waals surface area (Å²) in [4.78, 5) is 0. The lowest BCUT2D eigenvalue weighted by Gasteiger charge is -2.13. The van der Waals surface area contributed by atoms with Gasteiger partial charge in [0, 0.05) is 30.0 Å². The largest absolute Gasteiger partial charge is 0.490 e. The van der Waals surface area contributed by atoms with Crippen LogP contribution >= 0.6 is 11.6 Å². The molecule has 1 N–H and O–H groups in total. The van der Waals surface area contributed by atoms with E-state index in [1.54, 1.807) is 6.07 Å². The lowest BCUT2D eigenvalue weighted by molar-refractivity contribution is 0.287. The second-order valence-corrected chi connectivity index (χ2v) is 3.78. The highest BCUT2D eigenvalue weighted by molar-refractivity contribution is 6.31. The minimum Gasteiger partial charge on any atom is -0.490 e. The van der Waals surface area contributed by atoms with E-state index in [1.165, 1.54) is 0 Å². The summed E-state index contributed by atoms with van der Waals surface area (Å²) in [6.07, 6.45) is 1.36. The Balaban J connectivity index is 2.42. The van der Waals surface area contributed by atoms with Gasteiger partial charge in [-0.25, -0.2) is 0 Å². The van der Waals surface area contributed by atoms with Gasteiger partial charge in [0.1, 0.15) is 0 Å². The first-order valence-electron chi connectivity index (χ1n) is 5.01. The lowest BCUT2D eigenvalue weighted by Crippen LogP contribution is -2.00. The molecule has 0 atom stereocenters. The molecule has 1 heterocycles. The molecule has 0 spiro atoms. The predicted molar refractivity (Wildman–Crippen MR) is 57.8 cm³/mol. The second kappa shape index (κ2) is 4.73. The number of ether oxygens (including phenoxy) is 2. The number of halogens is 1. The Bertz CT molecular complexity index is 352. The van der Waals surface area contributed by atoms with Crippen LogP contribution in [-0.2, 0) is 6.42 Å².